The third kappa shape index (κ3) is 4.23. The second kappa shape index (κ2) is 6.37. The SMILES string of the molecule is CCC(NCC(=O)N(C)CC)C(=O)O. The molecule has 1 atom stereocenters. The summed E-state index contributed by atoms with van der Waals surface area (Å²) in [5.74, 6) is -1.01. The van der Waals surface area contributed by atoms with E-state index in [1.165, 1.54) is 0 Å². The first-order valence-corrected chi connectivity index (χ1v) is 4.73. The Balaban J connectivity index is 3.91. The maximum absolute atomic E-state index is 11.3. The number of hydrogen-bond acceptors (Lipinski definition) is 3. The molecule has 0 radical (unpaired) electrons. The van der Waals surface area contributed by atoms with Gasteiger partial charge in [0.15, 0.2) is 0 Å². The highest BCUT2D eigenvalue weighted by Gasteiger charge is 2.16. The molecule has 0 aromatic heterocycles. The summed E-state index contributed by atoms with van der Waals surface area (Å²) >= 11 is 0. The van der Waals surface area contributed by atoms with E-state index in [4.69, 9.17) is 5.11 Å². The normalized spacial score (nSPS) is 12.2. The van der Waals surface area contributed by atoms with Gasteiger partial charge in [-0.3, -0.25) is 14.9 Å². The molecule has 0 aliphatic heterocycles. The Morgan fingerprint density at radius 1 is 1.43 bits per heavy atom. The van der Waals surface area contributed by atoms with Gasteiger partial charge in [0.1, 0.15) is 6.04 Å². The van der Waals surface area contributed by atoms with Crippen LogP contribution in [0.15, 0.2) is 0 Å². The van der Waals surface area contributed by atoms with E-state index in [-0.39, 0.29) is 12.5 Å². The number of hydrogen-bond donors (Lipinski definition) is 2. The quantitative estimate of drug-likeness (QED) is 0.632. The number of carbonyl (C=O) groups excluding carboxylic acids is 1. The summed E-state index contributed by atoms with van der Waals surface area (Å²) in [6.07, 6.45) is 0.471. The van der Waals surface area contributed by atoms with Gasteiger partial charge in [0.25, 0.3) is 0 Å². The van der Waals surface area contributed by atoms with Crippen LogP contribution in [0.1, 0.15) is 20.3 Å². The number of aliphatic carboxylic acids is 1. The minimum absolute atomic E-state index is 0.0785. The molecule has 1 amide bonds. The highest BCUT2D eigenvalue weighted by Crippen LogP contribution is 1.91. The third-order valence-electron chi connectivity index (χ3n) is 2.11. The predicted molar refractivity (Wildman–Crippen MR) is 53.0 cm³/mol. The van der Waals surface area contributed by atoms with Crippen molar-refractivity contribution in [1.29, 1.82) is 0 Å². The molecule has 0 aliphatic carbocycles. The zero-order chi connectivity index (χ0) is 11.1. The summed E-state index contributed by atoms with van der Waals surface area (Å²) in [6, 6.07) is -0.635. The zero-order valence-electron chi connectivity index (χ0n) is 8.91. The summed E-state index contributed by atoms with van der Waals surface area (Å²) in [7, 11) is 1.69. The predicted octanol–water partition coefficient (Wildman–Crippen LogP) is -0.0825. The summed E-state index contributed by atoms with van der Waals surface area (Å²) < 4.78 is 0. The number of nitrogens with zero attached hydrogens (tertiary/aromatic N) is 1. The first kappa shape index (κ1) is 12.9. The Hall–Kier alpha value is -1.10. The monoisotopic (exact) mass is 202 g/mol. The molecule has 2 N–H and O–H groups in total. The second-order valence-corrected chi connectivity index (χ2v) is 3.09. The van der Waals surface area contributed by atoms with Crippen molar-refractivity contribution in [2.45, 2.75) is 26.3 Å². The maximum atomic E-state index is 11.3. The first-order chi connectivity index (χ1) is 6.52. The lowest BCUT2D eigenvalue weighted by Gasteiger charge is -2.17. The van der Waals surface area contributed by atoms with Crippen molar-refractivity contribution in [2.75, 3.05) is 20.1 Å². The van der Waals surface area contributed by atoms with E-state index in [1.807, 2.05) is 6.92 Å². The molecule has 0 heterocycles. The molecule has 0 rings (SSSR count). The van der Waals surface area contributed by atoms with E-state index in [1.54, 1.807) is 18.9 Å². The van der Waals surface area contributed by atoms with Crippen molar-refractivity contribution in [2.24, 2.45) is 0 Å². The Bertz CT molecular complexity index is 206. The molecule has 0 fully saturated rings. The fourth-order valence-corrected chi connectivity index (χ4v) is 0.928. The molecule has 0 aromatic rings. The number of carboxylic acids is 1. The molecule has 5 nitrogen and oxygen atoms in total. The van der Waals surface area contributed by atoms with Crippen molar-refractivity contribution in [1.82, 2.24) is 10.2 Å². The second-order valence-electron chi connectivity index (χ2n) is 3.09. The van der Waals surface area contributed by atoms with Gasteiger partial charge in [0.05, 0.1) is 6.54 Å². The lowest BCUT2D eigenvalue weighted by atomic mass is 10.2. The number of nitrogens with one attached hydrogen (secondary N) is 1. The molecular weight excluding hydrogens is 184 g/mol. The molecule has 0 saturated carbocycles. The fraction of sp³-hybridized carbons (Fsp3) is 0.778. The molecule has 0 aromatic carbocycles. The Kier molecular flexibility index (Phi) is 5.87. The third-order valence-corrected chi connectivity index (χ3v) is 2.11. The van der Waals surface area contributed by atoms with E-state index in [2.05, 4.69) is 5.32 Å². The molecular formula is C9H18N2O3. The summed E-state index contributed by atoms with van der Waals surface area (Å²) in [5, 5.41) is 11.4. The largest absolute Gasteiger partial charge is 0.480 e. The number of amides is 1. The molecule has 14 heavy (non-hydrogen) atoms. The Labute approximate surface area is 84.1 Å². The van der Waals surface area contributed by atoms with Gasteiger partial charge in [-0.15, -0.1) is 0 Å². The van der Waals surface area contributed by atoms with Gasteiger partial charge in [-0.1, -0.05) is 6.92 Å². The van der Waals surface area contributed by atoms with Crippen LogP contribution in [0.2, 0.25) is 0 Å². The molecule has 0 saturated heterocycles. The van der Waals surface area contributed by atoms with E-state index in [0.717, 1.165) is 0 Å². The van der Waals surface area contributed by atoms with Crippen LogP contribution in [0.4, 0.5) is 0 Å². The number of rotatable bonds is 6. The summed E-state index contributed by atoms with van der Waals surface area (Å²) in [4.78, 5) is 23.4. The molecule has 0 spiro atoms. The molecule has 82 valence electrons. The van der Waals surface area contributed by atoms with Gasteiger partial charge in [0, 0.05) is 13.6 Å². The maximum Gasteiger partial charge on any atom is 0.320 e. The summed E-state index contributed by atoms with van der Waals surface area (Å²) in [6.45, 7) is 4.34. The topological polar surface area (TPSA) is 69.6 Å². The standard InChI is InChI=1S/C9H18N2O3/c1-4-7(9(13)14)10-6-8(12)11(3)5-2/h7,10H,4-6H2,1-3H3,(H,13,14). The molecule has 1 unspecified atom stereocenters. The van der Waals surface area contributed by atoms with Crippen LogP contribution >= 0.6 is 0 Å². The van der Waals surface area contributed by atoms with Gasteiger partial charge >= 0.3 is 5.97 Å². The van der Waals surface area contributed by atoms with Crippen molar-refractivity contribution in [3.8, 4) is 0 Å². The molecule has 0 bridgehead atoms. The Morgan fingerprint density at radius 3 is 2.36 bits per heavy atom. The van der Waals surface area contributed by atoms with E-state index in [9.17, 15) is 9.59 Å². The highest BCUT2D eigenvalue weighted by atomic mass is 16.4. The van der Waals surface area contributed by atoms with E-state index >= 15 is 0 Å². The molecule has 5 heteroatoms. The highest BCUT2D eigenvalue weighted by molar-refractivity contribution is 5.79. The van der Waals surface area contributed by atoms with Crippen LogP contribution in [0.25, 0.3) is 0 Å². The minimum atomic E-state index is -0.917. The van der Waals surface area contributed by atoms with E-state index < -0.39 is 12.0 Å². The fourth-order valence-electron chi connectivity index (χ4n) is 0.928. The van der Waals surface area contributed by atoms with Crippen molar-refractivity contribution < 1.29 is 14.7 Å². The van der Waals surface area contributed by atoms with Gasteiger partial charge in [-0.05, 0) is 13.3 Å². The van der Waals surface area contributed by atoms with Gasteiger partial charge < -0.3 is 10.0 Å². The average Bonchev–Trinajstić information content (AvgIpc) is 2.16. The van der Waals surface area contributed by atoms with Gasteiger partial charge in [-0.25, -0.2) is 0 Å². The number of carbonyl (C=O) groups is 2. The number of carboxylic acid groups (broad SMARTS) is 1. The first-order valence-electron chi connectivity index (χ1n) is 4.73. The lowest BCUT2D eigenvalue weighted by Crippen LogP contribution is -2.43. The van der Waals surface area contributed by atoms with Crippen LogP contribution in [0, 0.1) is 0 Å². The van der Waals surface area contributed by atoms with Crippen LogP contribution in [-0.2, 0) is 9.59 Å². The van der Waals surface area contributed by atoms with E-state index in [0.29, 0.717) is 13.0 Å². The summed E-state index contributed by atoms with van der Waals surface area (Å²) in [5.41, 5.74) is 0. The number of likely N-dealkylation sites (N-methyl/N-ethyl adjacent to an activating group) is 1. The lowest BCUT2D eigenvalue weighted by molar-refractivity contribution is -0.139. The van der Waals surface area contributed by atoms with Gasteiger partial charge in [-0.2, -0.15) is 0 Å². The van der Waals surface area contributed by atoms with Crippen molar-refractivity contribution in [3.05, 3.63) is 0 Å². The molecule has 0 aliphatic rings. The minimum Gasteiger partial charge on any atom is -0.480 e. The van der Waals surface area contributed by atoms with Crippen LogP contribution in [0.3, 0.4) is 0 Å². The average molecular weight is 202 g/mol. The zero-order valence-corrected chi connectivity index (χ0v) is 8.91. The van der Waals surface area contributed by atoms with Crippen molar-refractivity contribution >= 4 is 11.9 Å². The van der Waals surface area contributed by atoms with Crippen LogP contribution in [0.5, 0.6) is 0 Å². The van der Waals surface area contributed by atoms with Crippen molar-refractivity contribution in [3.63, 3.8) is 0 Å². The van der Waals surface area contributed by atoms with Gasteiger partial charge in [0.2, 0.25) is 5.91 Å². The van der Waals surface area contributed by atoms with Crippen LogP contribution in [-0.4, -0.2) is 48.1 Å². The van der Waals surface area contributed by atoms with Crippen LogP contribution < -0.4 is 5.32 Å². The smallest absolute Gasteiger partial charge is 0.320 e. The Morgan fingerprint density at radius 2 is 2.00 bits per heavy atom.